The van der Waals surface area contributed by atoms with E-state index in [-0.39, 0.29) is 12.0 Å². The highest BCUT2D eigenvalue weighted by molar-refractivity contribution is 6.87. The minimum atomic E-state index is -2.21. The van der Waals surface area contributed by atoms with Gasteiger partial charge in [0, 0.05) is 46.4 Å². The highest BCUT2D eigenvalue weighted by atomic mass is 28.5. The topological polar surface area (TPSA) is 102 Å². The largest absolute Gasteiger partial charge is 0.463 e. The van der Waals surface area contributed by atoms with Crippen LogP contribution in [0.3, 0.4) is 0 Å². The van der Waals surface area contributed by atoms with Gasteiger partial charge >= 0.3 is 20.6 Å². The van der Waals surface area contributed by atoms with Gasteiger partial charge in [-0.25, -0.2) is 4.79 Å². The van der Waals surface area contributed by atoms with E-state index in [9.17, 15) is 9.59 Å². The van der Waals surface area contributed by atoms with Gasteiger partial charge in [0.05, 0.1) is 6.61 Å². The molecule has 0 saturated heterocycles. The Balaban J connectivity index is 3.97. The SMILES string of the molecule is COCCC[Si](C)(C)O[Si](C)(C)O[Si](C)(C)CCCOCCOC(=O)CCCCCCCNC(=O)N(CCCN(C)C)CCCN(C)C. The second-order valence-corrected chi connectivity index (χ2v) is 27.7. The van der Waals surface area contributed by atoms with Gasteiger partial charge in [-0.3, -0.25) is 4.79 Å². The van der Waals surface area contributed by atoms with Crippen molar-refractivity contribution < 1.29 is 32.0 Å². The summed E-state index contributed by atoms with van der Waals surface area (Å²) in [5, 5.41) is 3.10. The van der Waals surface area contributed by atoms with Gasteiger partial charge in [0.1, 0.15) is 6.61 Å². The highest BCUT2D eigenvalue weighted by Crippen LogP contribution is 2.26. The van der Waals surface area contributed by atoms with E-state index in [1.54, 1.807) is 7.11 Å². The molecule has 0 atom stereocenters. The Morgan fingerprint density at radius 1 is 0.604 bits per heavy atom. The summed E-state index contributed by atoms with van der Waals surface area (Å²) in [5.74, 6) is -0.155. The monoisotopic (exact) mass is 737 g/mol. The van der Waals surface area contributed by atoms with Gasteiger partial charge in [-0.1, -0.05) is 19.3 Å². The van der Waals surface area contributed by atoms with E-state index in [1.807, 2.05) is 4.90 Å². The fraction of sp³-hybridized carbons (Fsp3) is 0.941. The summed E-state index contributed by atoms with van der Waals surface area (Å²) in [4.78, 5) is 31.1. The number of urea groups is 1. The lowest BCUT2D eigenvalue weighted by Crippen LogP contribution is -2.52. The quantitative estimate of drug-likeness (QED) is 0.0494. The Morgan fingerprint density at radius 3 is 1.67 bits per heavy atom. The van der Waals surface area contributed by atoms with Crippen LogP contribution in [0.2, 0.25) is 51.4 Å². The maximum absolute atomic E-state index is 12.7. The molecule has 0 radical (unpaired) electrons. The van der Waals surface area contributed by atoms with E-state index >= 15 is 0 Å². The van der Waals surface area contributed by atoms with E-state index in [0.717, 1.165) is 103 Å². The first kappa shape index (κ1) is 47.2. The number of unbranched alkanes of at least 4 members (excludes halogenated alkanes) is 4. The molecule has 11 nitrogen and oxygen atoms in total. The average Bonchev–Trinajstić information content (AvgIpc) is 2.95. The fourth-order valence-corrected chi connectivity index (χ4v) is 19.8. The lowest BCUT2D eigenvalue weighted by Gasteiger charge is -2.38. The number of nitrogens with one attached hydrogen (secondary N) is 1. The number of carbonyl (C=O) groups excluding carboxylic acids is 2. The van der Waals surface area contributed by atoms with Gasteiger partial charge in [0.25, 0.3) is 0 Å². The van der Waals surface area contributed by atoms with E-state index in [2.05, 4.69) is 82.6 Å². The van der Waals surface area contributed by atoms with Crippen molar-refractivity contribution in [3.05, 3.63) is 0 Å². The zero-order valence-electron chi connectivity index (χ0n) is 33.0. The molecule has 0 aromatic carbocycles. The van der Waals surface area contributed by atoms with Gasteiger partial charge < -0.3 is 42.5 Å². The van der Waals surface area contributed by atoms with E-state index < -0.39 is 25.2 Å². The van der Waals surface area contributed by atoms with Crippen molar-refractivity contribution in [1.29, 1.82) is 0 Å². The molecule has 0 saturated carbocycles. The molecule has 0 heterocycles. The van der Waals surface area contributed by atoms with Gasteiger partial charge in [-0.15, -0.1) is 0 Å². The zero-order chi connectivity index (χ0) is 36.5. The maximum atomic E-state index is 12.7. The average molecular weight is 737 g/mol. The first-order valence-electron chi connectivity index (χ1n) is 18.4. The number of amides is 2. The van der Waals surface area contributed by atoms with Gasteiger partial charge in [0.2, 0.25) is 0 Å². The number of methoxy groups -OCH3 is 1. The number of esters is 1. The number of ether oxygens (including phenoxy) is 3. The van der Waals surface area contributed by atoms with Crippen molar-refractivity contribution in [2.24, 2.45) is 0 Å². The van der Waals surface area contributed by atoms with Crippen LogP contribution in [0.25, 0.3) is 0 Å². The molecule has 0 spiro atoms. The molecule has 0 aliphatic carbocycles. The van der Waals surface area contributed by atoms with Crippen LogP contribution < -0.4 is 5.32 Å². The van der Waals surface area contributed by atoms with Crippen LogP contribution in [-0.2, 0) is 27.2 Å². The second kappa shape index (κ2) is 26.9. The molecule has 0 aliphatic rings. The zero-order valence-corrected chi connectivity index (χ0v) is 36.0. The molecular formula is C34H76N4O7Si3. The standard InChI is InChI=1S/C34H76N4O7Si3/c1-36(2)23-17-25-38(26-18-24-37(3)4)34(40)35-22-16-14-12-13-15-21-33(39)43-30-29-42-28-20-32-47(8,9)45-48(10,11)44-46(6,7)31-19-27-41-5/h12-32H2,1-11H3,(H,35,40). The van der Waals surface area contributed by atoms with E-state index in [1.165, 1.54) is 0 Å². The van der Waals surface area contributed by atoms with Crippen LogP contribution in [0, 0.1) is 0 Å². The minimum absolute atomic E-state index is 0.0423. The van der Waals surface area contributed by atoms with Crippen LogP contribution in [0.15, 0.2) is 0 Å². The Morgan fingerprint density at radius 2 is 1.12 bits per heavy atom. The van der Waals surface area contributed by atoms with Crippen LogP contribution in [-0.4, -0.2) is 146 Å². The van der Waals surface area contributed by atoms with Crippen molar-refractivity contribution in [3.63, 3.8) is 0 Å². The van der Waals surface area contributed by atoms with Gasteiger partial charge in [-0.05, 0) is 131 Å². The van der Waals surface area contributed by atoms with Crippen molar-refractivity contribution >= 4 is 37.2 Å². The Hall–Kier alpha value is -0.849. The fourth-order valence-electron chi connectivity index (χ4n) is 5.79. The van der Waals surface area contributed by atoms with E-state index in [0.29, 0.717) is 32.8 Å². The van der Waals surface area contributed by atoms with Crippen molar-refractivity contribution in [1.82, 2.24) is 20.0 Å². The summed E-state index contributed by atoms with van der Waals surface area (Å²) < 4.78 is 29.6. The first-order valence-corrected chi connectivity index (χ1v) is 27.5. The lowest BCUT2D eigenvalue weighted by molar-refractivity contribution is -0.145. The molecular weight excluding hydrogens is 661 g/mol. The normalized spacial score (nSPS) is 12.6. The predicted molar refractivity (Wildman–Crippen MR) is 206 cm³/mol. The summed E-state index contributed by atoms with van der Waals surface area (Å²) in [6.45, 7) is 19.8. The molecule has 0 fully saturated rings. The Kier molecular flexibility index (Phi) is 26.4. The third-order valence-electron chi connectivity index (χ3n) is 7.92. The van der Waals surface area contributed by atoms with Crippen molar-refractivity contribution in [2.75, 3.05) is 94.5 Å². The first-order chi connectivity index (χ1) is 22.5. The van der Waals surface area contributed by atoms with Crippen molar-refractivity contribution in [2.45, 2.75) is 116 Å². The summed E-state index contributed by atoms with van der Waals surface area (Å²) in [5.41, 5.74) is 0. The molecule has 2 amide bonds. The number of rotatable bonds is 31. The summed E-state index contributed by atoms with van der Waals surface area (Å²) in [6, 6.07) is 2.14. The molecule has 0 aromatic rings. The predicted octanol–water partition coefficient (Wildman–Crippen LogP) is 6.37. The van der Waals surface area contributed by atoms with Crippen LogP contribution >= 0.6 is 0 Å². The molecule has 0 aliphatic heterocycles. The molecule has 48 heavy (non-hydrogen) atoms. The van der Waals surface area contributed by atoms with Crippen LogP contribution in [0.1, 0.15) is 64.2 Å². The number of hydrogen-bond acceptors (Lipinski definition) is 9. The highest BCUT2D eigenvalue weighted by Gasteiger charge is 2.39. The van der Waals surface area contributed by atoms with Crippen LogP contribution in [0.5, 0.6) is 0 Å². The minimum Gasteiger partial charge on any atom is -0.463 e. The Bertz CT molecular complexity index is 823. The number of carbonyl (C=O) groups is 2. The molecule has 0 bridgehead atoms. The second-order valence-electron chi connectivity index (χ2n) is 15.2. The molecule has 1 N–H and O–H groups in total. The summed E-state index contributed by atoms with van der Waals surface area (Å²) >= 11 is 0. The lowest BCUT2D eigenvalue weighted by atomic mass is 10.1. The molecule has 14 heteroatoms. The third-order valence-corrected chi connectivity index (χ3v) is 19.4. The molecule has 0 aromatic heterocycles. The van der Waals surface area contributed by atoms with Gasteiger partial charge in [-0.2, -0.15) is 0 Å². The number of nitrogens with zero attached hydrogens (tertiary/aromatic N) is 3. The van der Waals surface area contributed by atoms with Crippen molar-refractivity contribution in [3.8, 4) is 0 Å². The van der Waals surface area contributed by atoms with Gasteiger partial charge in [0.15, 0.2) is 16.6 Å². The smallest absolute Gasteiger partial charge is 0.317 e. The van der Waals surface area contributed by atoms with Crippen LogP contribution in [0.4, 0.5) is 4.79 Å². The summed E-state index contributed by atoms with van der Waals surface area (Å²) in [6.07, 6.45) is 9.20. The molecule has 286 valence electrons. The maximum Gasteiger partial charge on any atom is 0.317 e. The number of hydrogen-bond donors (Lipinski definition) is 1. The summed E-state index contributed by atoms with van der Waals surface area (Å²) in [7, 11) is 4.13. The molecule has 0 unspecified atom stereocenters. The molecule has 0 rings (SSSR count). The van der Waals surface area contributed by atoms with E-state index in [4.69, 9.17) is 22.4 Å². The third kappa shape index (κ3) is 28.9. The Labute approximate surface area is 298 Å².